The van der Waals surface area contributed by atoms with Crippen molar-refractivity contribution in [2.24, 2.45) is 5.10 Å². The summed E-state index contributed by atoms with van der Waals surface area (Å²) in [7, 11) is 0. The molecule has 2 aromatic rings. The Morgan fingerprint density at radius 3 is 2.36 bits per heavy atom. The molecule has 4 nitrogen and oxygen atoms in total. The standard InChI is InChI=1S/C21H30N4/c1-6-8-9-20-14-19(7-2)22-21(23-20)25-24-16(5)18-12-10-17(11-13-18)15(3)4/h10-15H,6-9H2,1-5H3,(H,22,23,25). The van der Waals surface area contributed by atoms with E-state index in [-0.39, 0.29) is 0 Å². The molecule has 0 amide bonds. The van der Waals surface area contributed by atoms with Gasteiger partial charge in [-0.15, -0.1) is 0 Å². The molecule has 1 aromatic carbocycles. The number of aromatic nitrogens is 2. The van der Waals surface area contributed by atoms with Crippen LogP contribution in [0.1, 0.15) is 75.9 Å². The molecule has 1 N–H and O–H groups in total. The quantitative estimate of drug-likeness (QED) is 0.522. The van der Waals surface area contributed by atoms with Crippen LogP contribution in [0, 0.1) is 0 Å². The van der Waals surface area contributed by atoms with Crippen LogP contribution in [-0.4, -0.2) is 15.7 Å². The van der Waals surface area contributed by atoms with Crippen LogP contribution in [0.15, 0.2) is 35.4 Å². The second kappa shape index (κ2) is 9.30. The summed E-state index contributed by atoms with van der Waals surface area (Å²) >= 11 is 0. The summed E-state index contributed by atoms with van der Waals surface area (Å²) in [5.41, 5.74) is 8.55. The minimum atomic E-state index is 0.538. The van der Waals surface area contributed by atoms with E-state index in [0.717, 1.165) is 48.3 Å². The molecule has 134 valence electrons. The van der Waals surface area contributed by atoms with Gasteiger partial charge in [0.05, 0.1) is 5.71 Å². The molecule has 0 bridgehead atoms. The highest BCUT2D eigenvalue weighted by molar-refractivity contribution is 5.99. The molecule has 1 heterocycles. The van der Waals surface area contributed by atoms with Crippen molar-refractivity contribution in [1.29, 1.82) is 0 Å². The lowest BCUT2D eigenvalue weighted by atomic mass is 10.0. The monoisotopic (exact) mass is 338 g/mol. The van der Waals surface area contributed by atoms with Gasteiger partial charge in [-0.05, 0) is 49.3 Å². The molecule has 0 unspecified atom stereocenters. The van der Waals surface area contributed by atoms with E-state index in [9.17, 15) is 0 Å². The first-order valence-electron chi connectivity index (χ1n) is 9.31. The van der Waals surface area contributed by atoms with Gasteiger partial charge in [-0.3, -0.25) is 0 Å². The van der Waals surface area contributed by atoms with E-state index in [1.807, 2.05) is 6.92 Å². The van der Waals surface area contributed by atoms with Crippen LogP contribution in [-0.2, 0) is 12.8 Å². The minimum absolute atomic E-state index is 0.538. The molecule has 0 fully saturated rings. The molecule has 2 rings (SSSR count). The maximum atomic E-state index is 4.59. The largest absolute Gasteiger partial charge is 0.245 e. The van der Waals surface area contributed by atoms with Crippen molar-refractivity contribution >= 4 is 11.7 Å². The molecule has 0 aliphatic carbocycles. The Hall–Kier alpha value is -2.23. The van der Waals surface area contributed by atoms with E-state index in [1.54, 1.807) is 0 Å². The minimum Gasteiger partial charge on any atom is -0.245 e. The van der Waals surface area contributed by atoms with Crippen molar-refractivity contribution < 1.29 is 0 Å². The Bertz CT molecular complexity index is 702. The molecule has 0 saturated heterocycles. The van der Waals surface area contributed by atoms with Gasteiger partial charge in [-0.2, -0.15) is 5.10 Å². The summed E-state index contributed by atoms with van der Waals surface area (Å²) in [6, 6.07) is 10.7. The highest BCUT2D eigenvalue weighted by Gasteiger charge is 2.05. The second-order valence-electron chi connectivity index (χ2n) is 6.72. The smallest absolute Gasteiger partial charge is 0.243 e. The van der Waals surface area contributed by atoms with Gasteiger partial charge in [-0.1, -0.05) is 58.4 Å². The van der Waals surface area contributed by atoms with Gasteiger partial charge < -0.3 is 0 Å². The maximum Gasteiger partial charge on any atom is 0.243 e. The zero-order chi connectivity index (χ0) is 18.2. The molecule has 25 heavy (non-hydrogen) atoms. The van der Waals surface area contributed by atoms with Crippen LogP contribution in [0.4, 0.5) is 5.95 Å². The van der Waals surface area contributed by atoms with Crippen LogP contribution in [0.5, 0.6) is 0 Å². The average molecular weight is 338 g/mol. The van der Waals surface area contributed by atoms with E-state index in [1.165, 1.54) is 5.56 Å². The third kappa shape index (κ3) is 5.66. The third-order valence-corrected chi connectivity index (χ3v) is 4.30. The van der Waals surface area contributed by atoms with Gasteiger partial charge >= 0.3 is 0 Å². The number of benzene rings is 1. The summed E-state index contributed by atoms with van der Waals surface area (Å²) in [5.74, 6) is 1.12. The number of unbranched alkanes of at least 4 members (excludes halogenated alkanes) is 1. The van der Waals surface area contributed by atoms with Gasteiger partial charge in [0.15, 0.2) is 0 Å². The van der Waals surface area contributed by atoms with Gasteiger partial charge in [0.1, 0.15) is 0 Å². The topological polar surface area (TPSA) is 50.2 Å². The molecule has 0 radical (unpaired) electrons. The number of nitrogens with zero attached hydrogens (tertiary/aromatic N) is 3. The molecule has 0 aliphatic rings. The number of nitrogens with one attached hydrogen (secondary N) is 1. The molecule has 1 aromatic heterocycles. The lowest BCUT2D eigenvalue weighted by Gasteiger charge is -2.08. The van der Waals surface area contributed by atoms with E-state index >= 15 is 0 Å². The Morgan fingerprint density at radius 2 is 1.76 bits per heavy atom. The van der Waals surface area contributed by atoms with Crippen molar-refractivity contribution in [3.8, 4) is 0 Å². The lowest BCUT2D eigenvalue weighted by molar-refractivity contribution is 0.769. The van der Waals surface area contributed by atoms with Crippen molar-refractivity contribution in [1.82, 2.24) is 9.97 Å². The van der Waals surface area contributed by atoms with E-state index in [2.05, 4.69) is 78.5 Å². The van der Waals surface area contributed by atoms with Crippen molar-refractivity contribution in [3.63, 3.8) is 0 Å². The van der Waals surface area contributed by atoms with Crippen molar-refractivity contribution in [2.45, 2.75) is 66.2 Å². The molecule has 4 heteroatoms. The number of hydrogen-bond donors (Lipinski definition) is 1. The normalized spacial score (nSPS) is 11.8. The molecule has 0 atom stereocenters. The fourth-order valence-electron chi connectivity index (χ4n) is 2.58. The fourth-order valence-corrected chi connectivity index (χ4v) is 2.58. The predicted octanol–water partition coefficient (Wildman–Crippen LogP) is 5.34. The van der Waals surface area contributed by atoms with Gasteiger partial charge in [0.2, 0.25) is 5.95 Å². The third-order valence-electron chi connectivity index (χ3n) is 4.30. The van der Waals surface area contributed by atoms with E-state index in [4.69, 9.17) is 0 Å². The van der Waals surface area contributed by atoms with Gasteiger partial charge in [0, 0.05) is 11.4 Å². The zero-order valence-corrected chi connectivity index (χ0v) is 16.1. The Labute approximate surface area is 151 Å². The maximum absolute atomic E-state index is 4.59. The van der Waals surface area contributed by atoms with Gasteiger partial charge in [-0.25, -0.2) is 15.4 Å². The van der Waals surface area contributed by atoms with Crippen LogP contribution in [0.2, 0.25) is 0 Å². The van der Waals surface area contributed by atoms with Gasteiger partial charge in [0.25, 0.3) is 0 Å². The van der Waals surface area contributed by atoms with Crippen molar-refractivity contribution in [3.05, 3.63) is 52.8 Å². The Kier molecular flexibility index (Phi) is 7.11. The van der Waals surface area contributed by atoms with E-state index < -0.39 is 0 Å². The molecular weight excluding hydrogens is 308 g/mol. The van der Waals surface area contributed by atoms with Crippen LogP contribution < -0.4 is 5.43 Å². The first-order chi connectivity index (χ1) is 12.0. The predicted molar refractivity (Wildman–Crippen MR) is 106 cm³/mol. The Morgan fingerprint density at radius 1 is 1.08 bits per heavy atom. The highest BCUT2D eigenvalue weighted by atomic mass is 15.4. The summed E-state index contributed by atoms with van der Waals surface area (Å²) in [4.78, 5) is 9.13. The highest BCUT2D eigenvalue weighted by Crippen LogP contribution is 2.15. The molecule has 0 aliphatic heterocycles. The Balaban J connectivity index is 2.13. The summed E-state index contributed by atoms with van der Waals surface area (Å²) in [5, 5.41) is 4.48. The number of rotatable bonds is 8. The summed E-state index contributed by atoms with van der Waals surface area (Å²) < 4.78 is 0. The number of aryl methyl sites for hydroxylation is 2. The lowest BCUT2D eigenvalue weighted by Crippen LogP contribution is -2.06. The summed E-state index contributed by atoms with van der Waals surface area (Å²) in [6.07, 6.45) is 4.19. The number of hydrazone groups is 1. The van der Waals surface area contributed by atoms with E-state index in [0.29, 0.717) is 11.9 Å². The second-order valence-corrected chi connectivity index (χ2v) is 6.72. The fraction of sp³-hybridized carbons (Fsp3) is 0.476. The van der Waals surface area contributed by atoms with Crippen LogP contribution in [0.3, 0.4) is 0 Å². The van der Waals surface area contributed by atoms with Crippen LogP contribution in [0.25, 0.3) is 0 Å². The molecular formula is C21H30N4. The van der Waals surface area contributed by atoms with Crippen molar-refractivity contribution in [2.75, 3.05) is 5.43 Å². The SMILES string of the molecule is CCCCc1cc(CC)nc(NN=C(C)c2ccc(C(C)C)cc2)n1. The number of hydrogen-bond acceptors (Lipinski definition) is 4. The number of anilines is 1. The zero-order valence-electron chi connectivity index (χ0n) is 16.1. The first-order valence-corrected chi connectivity index (χ1v) is 9.31. The first kappa shape index (κ1) is 19.1. The average Bonchev–Trinajstić information content (AvgIpc) is 2.64. The molecule has 0 saturated carbocycles. The molecule has 0 spiro atoms. The van der Waals surface area contributed by atoms with Crippen LogP contribution >= 0.6 is 0 Å². The summed E-state index contributed by atoms with van der Waals surface area (Å²) in [6.45, 7) is 10.7.